The maximum absolute atomic E-state index is 10.6. The van der Waals surface area contributed by atoms with Crippen molar-refractivity contribution in [2.24, 2.45) is 5.92 Å². The van der Waals surface area contributed by atoms with Crippen LogP contribution < -0.4 is 10.6 Å². The van der Waals surface area contributed by atoms with E-state index in [4.69, 9.17) is 15.0 Å². The second-order valence-electron chi connectivity index (χ2n) is 10.5. The number of rotatable bonds is 6. The summed E-state index contributed by atoms with van der Waals surface area (Å²) in [6.07, 6.45) is 2.54. The fraction of sp³-hybridized carbons (Fsp3) is 0.583. The molecular formula is C24H32N6O3S. The molecule has 0 spiro atoms. The third-order valence-corrected chi connectivity index (χ3v) is 7.48. The van der Waals surface area contributed by atoms with Crippen molar-refractivity contribution in [2.45, 2.75) is 76.7 Å². The lowest BCUT2D eigenvalue weighted by atomic mass is 10.0. The highest BCUT2D eigenvalue weighted by Gasteiger charge is 2.42. The van der Waals surface area contributed by atoms with Gasteiger partial charge in [-0.15, -0.1) is 11.3 Å². The van der Waals surface area contributed by atoms with Crippen LogP contribution in [0.1, 0.15) is 57.3 Å². The minimum absolute atomic E-state index is 0.143. The Labute approximate surface area is 202 Å². The molecule has 0 bridgehead atoms. The van der Waals surface area contributed by atoms with Crippen LogP contribution in [0, 0.1) is 12.8 Å². The van der Waals surface area contributed by atoms with Gasteiger partial charge in [-0.25, -0.2) is 9.97 Å². The minimum atomic E-state index is -1.01. The van der Waals surface area contributed by atoms with Crippen molar-refractivity contribution < 1.29 is 15.3 Å². The average Bonchev–Trinajstić information content (AvgIpc) is 3.45. The lowest BCUT2D eigenvalue weighted by Gasteiger charge is -2.26. The van der Waals surface area contributed by atoms with Crippen molar-refractivity contribution in [1.29, 1.82) is 0 Å². The molecular weight excluding hydrogens is 452 g/mol. The molecule has 182 valence electrons. The van der Waals surface area contributed by atoms with Crippen LogP contribution in [-0.2, 0) is 0 Å². The zero-order valence-electron chi connectivity index (χ0n) is 19.9. The van der Waals surface area contributed by atoms with Gasteiger partial charge in [-0.1, -0.05) is 0 Å². The number of thiazole rings is 1. The van der Waals surface area contributed by atoms with Gasteiger partial charge in [0, 0.05) is 30.2 Å². The molecule has 34 heavy (non-hydrogen) atoms. The Bertz CT molecular complexity index is 1210. The van der Waals surface area contributed by atoms with Crippen LogP contribution in [0.2, 0.25) is 0 Å². The first-order valence-corrected chi connectivity index (χ1v) is 12.6. The summed E-state index contributed by atoms with van der Waals surface area (Å²) < 4.78 is 1.07. The van der Waals surface area contributed by atoms with E-state index < -0.39 is 18.2 Å². The fourth-order valence-electron chi connectivity index (χ4n) is 4.63. The van der Waals surface area contributed by atoms with Gasteiger partial charge in [0.15, 0.2) is 0 Å². The van der Waals surface area contributed by atoms with Gasteiger partial charge in [0.25, 0.3) is 0 Å². The predicted molar refractivity (Wildman–Crippen MR) is 133 cm³/mol. The molecule has 3 heterocycles. The predicted octanol–water partition coefficient (Wildman–Crippen LogP) is 3.06. The standard InChI is InChI=1S/C24H32N6O3S/c1-11-16(22-28-19-15(34-22)7-8-25-17(19)12-5-6-12)21(29-23(26-11)30-24(2,3)4)27-18-13(10-31)9-14(32)20(18)33/h7-8,12-14,18,20,31-33H,5-6,9-10H2,1-4H3,(H2,26,27,29,30)/t13-,14+,18+,20+/m0/s1. The molecule has 0 saturated heterocycles. The molecule has 2 saturated carbocycles. The first-order valence-electron chi connectivity index (χ1n) is 11.8. The average molecular weight is 485 g/mol. The molecule has 0 radical (unpaired) electrons. The summed E-state index contributed by atoms with van der Waals surface area (Å²) in [6, 6.07) is 1.44. The molecule has 0 amide bonds. The molecule has 2 aliphatic rings. The van der Waals surface area contributed by atoms with Gasteiger partial charge < -0.3 is 26.0 Å². The highest BCUT2D eigenvalue weighted by molar-refractivity contribution is 7.21. The van der Waals surface area contributed by atoms with Gasteiger partial charge in [0.05, 0.1) is 33.8 Å². The normalized spacial score (nSPS) is 25.1. The molecule has 5 rings (SSSR count). The Balaban J connectivity index is 1.61. The number of hydrogen-bond donors (Lipinski definition) is 5. The van der Waals surface area contributed by atoms with Crippen LogP contribution >= 0.6 is 11.3 Å². The first kappa shape index (κ1) is 23.3. The molecule has 10 heteroatoms. The fourth-order valence-corrected chi connectivity index (χ4v) is 5.69. The highest BCUT2D eigenvalue weighted by Crippen LogP contribution is 2.44. The number of aryl methyl sites for hydroxylation is 1. The number of hydrogen-bond acceptors (Lipinski definition) is 10. The number of aliphatic hydroxyl groups excluding tert-OH is 3. The van der Waals surface area contributed by atoms with Crippen molar-refractivity contribution in [3.63, 3.8) is 0 Å². The second kappa shape index (κ2) is 8.67. The number of anilines is 2. The molecule has 3 aromatic rings. The van der Waals surface area contributed by atoms with Gasteiger partial charge in [-0.05, 0) is 53.0 Å². The van der Waals surface area contributed by atoms with Crippen molar-refractivity contribution in [2.75, 3.05) is 17.2 Å². The number of nitrogens with zero attached hydrogens (tertiary/aromatic N) is 4. The lowest BCUT2D eigenvalue weighted by molar-refractivity contribution is 0.0390. The van der Waals surface area contributed by atoms with Gasteiger partial charge in [0.1, 0.15) is 22.4 Å². The molecule has 5 N–H and O–H groups in total. The van der Waals surface area contributed by atoms with Crippen LogP contribution in [0.5, 0.6) is 0 Å². The minimum Gasteiger partial charge on any atom is -0.396 e. The molecule has 4 atom stereocenters. The van der Waals surface area contributed by atoms with E-state index in [-0.39, 0.29) is 18.1 Å². The number of aromatic nitrogens is 4. The zero-order chi connectivity index (χ0) is 24.2. The Kier molecular flexibility index (Phi) is 5.96. The molecule has 0 unspecified atom stereocenters. The van der Waals surface area contributed by atoms with Gasteiger partial charge in [-0.3, -0.25) is 4.98 Å². The van der Waals surface area contributed by atoms with Crippen LogP contribution in [0.25, 0.3) is 20.8 Å². The third-order valence-electron chi connectivity index (χ3n) is 6.44. The highest BCUT2D eigenvalue weighted by atomic mass is 32.1. The molecule has 2 fully saturated rings. The summed E-state index contributed by atoms with van der Waals surface area (Å²) in [5, 5.41) is 38.1. The van der Waals surface area contributed by atoms with E-state index in [0.29, 0.717) is 24.1 Å². The van der Waals surface area contributed by atoms with E-state index >= 15 is 0 Å². The Morgan fingerprint density at radius 1 is 1.15 bits per heavy atom. The summed E-state index contributed by atoms with van der Waals surface area (Å²) in [5.41, 5.74) is 3.24. The van der Waals surface area contributed by atoms with Crippen LogP contribution in [-0.4, -0.2) is 65.7 Å². The third kappa shape index (κ3) is 4.47. The van der Waals surface area contributed by atoms with Crippen molar-refractivity contribution in [3.8, 4) is 10.6 Å². The molecule has 3 aromatic heterocycles. The first-order chi connectivity index (χ1) is 16.1. The van der Waals surface area contributed by atoms with Crippen LogP contribution in [0.15, 0.2) is 12.3 Å². The molecule has 2 aliphatic carbocycles. The quantitative estimate of drug-likeness (QED) is 0.357. The SMILES string of the molecule is Cc1nc(NC(C)(C)C)nc(N[C@@H]2[C@H](CO)C[C@@H](O)[C@H]2O)c1-c1nc2c(C3CC3)nccc2s1. The van der Waals surface area contributed by atoms with Crippen LogP contribution in [0.4, 0.5) is 11.8 Å². The summed E-state index contributed by atoms with van der Waals surface area (Å²) >= 11 is 1.57. The Morgan fingerprint density at radius 3 is 2.59 bits per heavy atom. The zero-order valence-corrected chi connectivity index (χ0v) is 20.7. The molecule has 0 aliphatic heterocycles. The van der Waals surface area contributed by atoms with E-state index in [1.807, 2.05) is 40.0 Å². The maximum Gasteiger partial charge on any atom is 0.225 e. The number of aliphatic hydroxyl groups is 3. The van der Waals surface area contributed by atoms with Crippen molar-refractivity contribution >= 4 is 33.3 Å². The van der Waals surface area contributed by atoms with Gasteiger partial charge >= 0.3 is 0 Å². The smallest absolute Gasteiger partial charge is 0.225 e. The monoisotopic (exact) mass is 484 g/mol. The summed E-state index contributed by atoms with van der Waals surface area (Å²) in [6.45, 7) is 7.88. The number of fused-ring (bicyclic) bond motifs is 1. The largest absolute Gasteiger partial charge is 0.396 e. The summed E-state index contributed by atoms with van der Waals surface area (Å²) in [7, 11) is 0. The van der Waals surface area contributed by atoms with Crippen molar-refractivity contribution in [3.05, 3.63) is 23.7 Å². The van der Waals surface area contributed by atoms with Crippen molar-refractivity contribution in [1.82, 2.24) is 19.9 Å². The van der Waals surface area contributed by atoms with Gasteiger partial charge in [0.2, 0.25) is 5.95 Å². The van der Waals surface area contributed by atoms with Crippen LogP contribution in [0.3, 0.4) is 0 Å². The molecule has 9 nitrogen and oxygen atoms in total. The summed E-state index contributed by atoms with van der Waals surface area (Å²) in [4.78, 5) is 19.0. The lowest BCUT2D eigenvalue weighted by Crippen LogP contribution is -2.39. The number of pyridine rings is 1. The van der Waals surface area contributed by atoms with Gasteiger partial charge in [-0.2, -0.15) is 4.98 Å². The van der Waals surface area contributed by atoms with E-state index in [9.17, 15) is 15.3 Å². The second-order valence-corrected chi connectivity index (χ2v) is 11.5. The topological polar surface area (TPSA) is 136 Å². The Hall–Kier alpha value is -2.40. The number of nitrogens with one attached hydrogen (secondary N) is 2. The Morgan fingerprint density at radius 2 is 1.91 bits per heavy atom. The van der Waals surface area contributed by atoms with E-state index in [1.165, 1.54) is 0 Å². The van der Waals surface area contributed by atoms with E-state index in [2.05, 4.69) is 15.6 Å². The van der Waals surface area contributed by atoms with E-state index in [0.717, 1.165) is 45.0 Å². The summed E-state index contributed by atoms with van der Waals surface area (Å²) in [5.74, 6) is 1.17. The maximum atomic E-state index is 10.6. The molecule has 0 aromatic carbocycles. The van der Waals surface area contributed by atoms with E-state index in [1.54, 1.807) is 11.3 Å².